The Morgan fingerprint density at radius 2 is 1.82 bits per heavy atom. The van der Waals surface area contributed by atoms with Crippen LogP contribution >= 0.6 is 0 Å². The molecule has 22 heavy (non-hydrogen) atoms. The number of hydrogen-bond acceptors (Lipinski definition) is 3. The molecular weight excluding hydrogens is 294 g/mol. The summed E-state index contributed by atoms with van der Waals surface area (Å²) in [5.41, 5.74) is 4.87. The number of rotatable bonds is 8. The number of carbonyl (C=O) groups is 2. The van der Waals surface area contributed by atoms with Gasteiger partial charge in [0.15, 0.2) is 0 Å². The van der Waals surface area contributed by atoms with Gasteiger partial charge in [0.25, 0.3) is 5.92 Å². The predicted molar refractivity (Wildman–Crippen MR) is 79.7 cm³/mol. The lowest BCUT2D eigenvalue weighted by molar-refractivity contribution is -0.122. The lowest BCUT2D eigenvalue weighted by atomic mass is 9.96. The minimum atomic E-state index is -3.08. The number of alkyl halides is 2. The molecule has 1 aliphatic rings. The van der Waals surface area contributed by atoms with Gasteiger partial charge in [0.05, 0.1) is 13.1 Å². The van der Waals surface area contributed by atoms with Gasteiger partial charge in [-0.25, -0.2) is 13.6 Å². The summed E-state index contributed by atoms with van der Waals surface area (Å²) in [6.07, 6.45) is 5.99. The molecule has 0 bridgehead atoms. The van der Waals surface area contributed by atoms with Crippen LogP contribution in [0.2, 0.25) is 0 Å². The fourth-order valence-electron chi connectivity index (χ4n) is 2.32. The smallest absolute Gasteiger partial charge is 0.315 e. The third-order valence-electron chi connectivity index (χ3n) is 3.65. The highest BCUT2D eigenvalue weighted by molar-refractivity contribution is 5.76. The first kappa shape index (κ1) is 18.6. The molecule has 1 saturated carbocycles. The average molecular weight is 320 g/mol. The molecule has 8 heteroatoms. The summed E-state index contributed by atoms with van der Waals surface area (Å²) in [4.78, 5) is 23.0. The van der Waals surface area contributed by atoms with Gasteiger partial charge in [0, 0.05) is 19.0 Å². The Morgan fingerprint density at radius 3 is 2.45 bits per heavy atom. The molecule has 0 heterocycles. The van der Waals surface area contributed by atoms with E-state index in [0.29, 0.717) is 13.0 Å². The molecule has 0 spiro atoms. The Labute approximate surface area is 129 Å². The Bertz CT molecular complexity index is 361. The minimum absolute atomic E-state index is 0.0877. The van der Waals surface area contributed by atoms with Gasteiger partial charge in [-0.1, -0.05) is 19.3 Å². The van der Waals surface area contributed by atoms with Crippen LogP contribution in [0.1, 0.15) is 44.9 Å². The van der Waals surface area contributed by atoms with Crippen LogP contribution < -0.4 is 21.7 Å². The van der Waals surface area contributed by atoms with Crippen LogP contribution in [0.3, 0.4) is 0 Å². The first-order valence-electron chi connectivity index (χ1n) is 7.82. The second-order valence-electron chi connectivity index (χ2n) is 5.68. The predicted octanol–water partition coefficient (Wildman–Crippen LogP) is 1.11. The molecule has 0 aromatic carbocycles. The third kappa shape index (κ3) is 8.11. The van der Waals surface area contributed by atoms with Gasteiger partial charge in [-0.05, 0) is 19.3 Å². The lowest BCUT2D eigenvalue weighted by Crippen LogP contribution is -2.43. The molecule has 1 rings (SSSR count). The zero-order chi connectivity index (χ0) is 16.4. The number of nitrogens with two attached hydrogens (primary N) is 1. The summed E-state index contributed by atoms with van der Waals surface area (Å²) in [6, 6.07) is -0.00230. The molecule has 0 aromatic heterocycles. The number of carbonyl (C=O) groups excluding carboxylic acids is 2. The summed E-state index contributed by atoms with van der Waals surface area (Å²) in [7, 11) is 0. The maximum absolute atomic E-state index is 12.8. The van der Waals surface area contributed by atoms with E-state index in [-0.39, 0.29) is 18.5 Å². The van der Waals surface area contributed by atoms with Crippen LogP contribution in [0.25, 0.3) is 0 Å². The zero-order valence-corrected chi connectivity index (χ0v) is 12.8. The van der Waals surface area contributed by atoms with Crippen LogP contribution in [-0.2, 0) is 4.79 Å². The number of hydrogen-bond donors (Lipinski definition) is 4. The standard InChI is InChI=1S/C14H26F2N4O2/c15-14(16,9-17)10-19-12(21)7-4-8-18-13(22)20-11-5-2-1-3-6-11/h11H,1-10,17H2,(H,19,21)(H2,18,20,22). The molecule has 3 amide bonds. The van der Waals surface area contributed by atoms with Gasteiger partial charge in [-0.15, -0.1) is 0 Å². The summed E-state index contributed by atoms with van der Waals surface area (Å²) < 4.78 is 25.6. The van der Waals surface area contributed by atoms with Crippen molar-refractivity contribution >= 4 is 11.9 Å². The van der Waals surface area contributed by atoms with Crippen molar-refractivity contribution in [2.24, 2.45) is 5.73 Å². The quantitative estimate of drug-likeness (QED) is 0.504. The number of nitrogens with one attached hydrogen (secondary N) is 3. The van der Waals surface area contributed by atoms with E-state index in [0.717, 1.165) is 25.7 Å². The summed E-state index contributed by atoms with van der Waals surface area (Å²) in [5, 5.41) is 7.70. The molecule has 1 aliphatic carbocycles. The Hall–Kier alpha value is -1.44. The van der Waals surface area contributed by atoms with Crippen molar-refractivity contribution in [3.63, 3.8) is 0 Å². The van der Waals surface area contributed by atoms with Gasteiger partial charge >= 0.3 is 6.03 Å². The van der Waals surface area contributed by atoms with Crippen LogP contribution in [0.15, 0.2) is 0 Å². The molecule has 0 radical (unpaired) electrons. The van der Waals surface area contributed by atoms with E-state index >= 15 is 0 Å². The van der Waals surface area contributed by atoms with Gasteiger partial charge in [0.2, 0.25) is 5.91 Å². The fraction of sp³-hybridized carbons (Fsp3) is 0.857. The van der Waals surface area contributed by atoms with E-state index in [1.807, 2.05) is 0 Å². The maximum atomic E-state index is 12.8. The van der Waals surface area contributed by atoms with Crippen molar-refractivity contribution in [1.29, 1.82) is 0 Å². The summed E-state index contributed by atoms with van der Waals surface area (Å²) in [5.74, 6) is -3.55. The van der Waals surface area contributed by atoms with Crippen LogP contribution in [-0.4, -0.2) is 43.5 Å². The van der Waals surface area contributed by atoms with E-state index in [2.05, 4.69) is 16.0 Å². The van der Waals surface area contributed by atoms with Crippen molar-refractivity contribution in [3.8, 4) is 0 Å². The molecule has 0 unspecified atom stereocenters. The second-order valence-corrected chi connectivity index (χ2v) is 5.68. The number of urea groups is 1. The van der Waals surface area contributed by atoms with E-state index < -0.39 is 24.9 Å². The van der Waals surface area contributed by atoms with Crippen LogP contribution in [0, 0.1) is 0 Å². The van der Waals surface area contributed by atoms with Gasteiger partial charge in [0.1, 0.15) is 0 Å². The molecule has 0 aliphatic heterocycles. The highest BCUT2D eigenvalue weighted by atomic mass is 19.3. The molecule has 0 saturated heterocycles. The number of amides is 3. The molecule has 0 aromatic rings. The van der Waals surface area contributed by atoms with Crippen LogP contribution in [0.4, 0.5) is 13.6 Å². The van der Waals surface area contributed by atoms with Crippen molar-refractivity contribution in [2.75, 3.05) is 19.6 Å². The Kier molecular flexibility index (Phi) is 8.08. The van der Waals surface area contributed by atoms with Crippen molar-refractivity contribution < 1.29 is 18.4 Å². The van der Waals surface area contributed by atoms with Crippen molar-refractivity contribution in [2.45, 2.75) is 56.9 Å². The van der Waals surface area contributed by atoms with Crippen molar-refractivity contribution in [3.05, 3.63) is 0 Å². The van der Waals surface area contributed by atoms with E-state index in [4.69, 9.17) is 5.73 Å². The van der Waals surface area contributed by atoms with E-state index in [1.54, 1.807) is 0 Å². The maximum Gasteiger partial charge on any atom is 0.315 e. The highest BCUT2D eigenvalue weighted by Crippen LogP contribution is 2.17. The van der Waals surface area contributed by atoms with E-state index in [1.165, 1.54) is 6.42 Å². The molecule has 128 valence electrons. The SMILES string of the molecule is NCC(F)(F)CNC(=O)CCCNC(=O)NC1CCCCC1. The first-order chi connectivity index (χ1) is 10.4. The molecule has 1 fully saturated rings. The Morgan fingerprint density at radius 1 is 1.14 bits per heavy atom. The molecule has 0 atom stereocenters. The minimum Gasteiger partial charge on any atom is -0.350 e. The zero-order valence-electron chi connectivity index (χ0n) is 12.8. The molecule has 5 N–H and O–H groups in total. The van der Waals surface area contributed by atoms with E-state index in [9.17, 15) is 18.4 Å². The van der Waals surface area contributed by atoms with Crippen LogP contribution in [0.5, 0.6) is 0 Å². The monoisotopic (exact) mass is 320 g/mol. The summed E-state index contributed by atoms with van der Waals surface area (Å²) in [6.45, 7) is -1.21. The van der Waals surface area contributed by atoms with Gasteiger partial charge in [-0.2, -0.15) is 0 Å². The molecular formula is C14H26F2N4O2. The first-order valence-corrected chi connectivity index (χ1v) is 7.82. The largest absolute Gasteiger partial charge is 0.350 e. The van der Waals surface area contributed by atoms with Crippen molar-refractivity contribution in [1.82, 2.24) is 16.0 Å². The lowest BCUT2D eigenvalue weighted by Gasteiger charge is -2.22. The Balaban J connectivity index is 2.04. The fourth-order valence-corrected chi connectivity index (χ4v) is 2.32. The van der Waals surface area contributed by atoms with Gasteiger partial charge < -0.3 is 21.7 Å². The number of halogens is 2. The topological polar surface area (TPSA) is 96.2 Å². The second kappa shape index (κ2) is 9.55. The molecule has 6 nitrogen and oxygen atoms in total. The average Bonchev–Trinajstić information content (AvgIpc) is 2.51. The van der Waals surface area contributed by atoms with Gasteiger partial charge in [-0.3, -0.25) is 4.79 Å². The normalized spacial score (nSPS) is 16.1. The summed E-state index contributed by atoms with van der Waals surface area (Å²) >= 11 is 0. The highest BCUT2D eigenvalue weighted by Gasteiger charge is 2.26. The third-order valence-corrected chi connectivity index (χ3v) is 3.65.